The topological polar surface area (TPSA) is 88.8 Å². The minimum absolute atomic E-state index is 0.0473. The highest BCUT2D eigenvalue weighted by Gasteiger charge is 2.35. The van der Waals surface area contributed by atoms with Crippen LogP contribution >= 0.6 is 11.6 Å². The number of anilines is 2. The molecular formula is C34H38ClF2N7O2. The molecule has 1 unspecified atom stereocenters. The van der Waals surface area contributed by atoms with Gasteiger partial charge in [0, 0.05) is 48.9 Å². The first kappa shape index (κ1) is 32.0. The van der Waals surface area contributed by atoms with Crippen molar-refractivity contribution in [1.29, 1.82) is 5.26 Å². The van der Waals surface area contributed by atoms with Gasteiger partial charge in [0.15, 0.2) is 5.83 Å². The van der Waals surface area contributed by atoms with E-state index in [4.69, 9.17) is 26.3 Å². The van der Waals surface area contributed by atoms with E-state index in [9.17, 15) is 18.8 Å². The van der Waals surface area contributed by atoms with Gasteiger partial charge in [-0.15, -0.1) is 0 Å². The number of hydrogen-bond donors (Lipinski definition) is 0. The maximum Gasteiger partial charge on any atom is 0.318 e. The van der Waals surface area contributed by atoms with Crippen LogP contribution in [-0.2, 0) is 17.8 Å². The Labute approximate surface area is 273 Å². The zero-order valence-electron chi connectivity index (χ0n) is 26.0. The summed E-state index contributed by atoms with van der Waals surface area (Å²) in [7, 11) is 0. The standard InChI is InChI=1S/C34H38ClF2N7O2/c1-22(41-14-4-3-5-15-41)21-46-34-39-28-20-42(29-8-6-7-24-9-10-27(37)31(35)30(24)29)16-12-26(28)32(40-34)43-17-18-44(33(45)23(2)36)25(19-43)11-13-38/h6-10,22,25H,2-5,11-12,14-21H2,1H3/t22?,25-/m0/s1. The normalized spacial score (nSPS) is 19.5. The van der Waals surface area contributed by atoms with Gasteiger partial charge < -0.3 is 19.4 Å². The summed E-state index contributed by atoms with van der Waals surface area (Å²) >= 11 is 6.49. The number of hydrogen-bond acceptors (Lipinski definition) is 8. The Morgan fingerprint density at radius 2 is 1.93 bits per heavy atom. The van der Waals surface area contributed by atoms with Crippen LogP contribution in [0.5, 0.6) is 6.01 Å². The average molecular weight is 650 g/mol. The van der Waals surface area contributed by atoms with Crippen molar-refractivity contribution in [1.82, 2.24) is 19.8 Å². The molecule has 3 aliphatic heterocycles. The highest BCUT2D eigenvalue weighted by atomic mass is 35.5. The van der Waals surface area contributed by atoms with Crippen LogP contribution in [0.15, 0.2) is 42.7 Å². The van der Waals surface area contributed by atoms with E-state index >= 15 is 0 Å². The maximum absolute atomic E-state index is 14.6. The predicted molar refractivity (Wildman–Crippen MR) is 174 cm³/mol. The Kier molecular flexibility index (Phi) is 9.57. The number of aromatic nitrogens is 2. The van der Waals surface area contributed by atoms with Crippen LogP contribution < -0.4 is 14.5 Å². The number of benzene rings is 2. The predicted octanol–water partition coefficient (Wildman–Crippen LogP) is 5.65. The lowest BCUT2D eigenvalue weighted by Crippen LogP contribution is -2.55. The number of nitriles is 1. The number of nitrogens with zero attached hydrogens (tertiary/aromatic N) is 7. The SMILES string of the molecule is C=C(F)C(=O)N1CCN(c2nc(OCC(C)N3CCCCC3)nc3c2CCN(c2cccc4ccc(F)c(Cl)c24)C3)C[C@@H]1CC#N. The van der Waals surface area contributed by atoms with Gasteiger partial charge in [0.25, 0.3) is 5.91 Å². The molecule has 2 fully saturated rings. The summed E-state index contributed by atoms with van der Waals surface area (Å²) in [5.41, 5.74) is 2.56. The van der Waals surface area contributed by atoms with Gasteiger partial charge in [0.2, 0.25) is 0 Å². The van der Waals surface area contributed by atoms with Crippen LogP contribution in [0.4, 0.5) is 20.3 Å². The molecule has 2 aromatic carbocycles. The average Bonchev–Trinajstić information content (AvgIpc) is 3.08. The molecule has 12 heteroatoms. The van der Waals surface area contributed by atoms with Crippen molar-refractivity contribution in [2.24, 2.45) is 0 Å². The van der Waals surface area contributed by atoms with E-state index < -0.39 is 23.6 Å². The zero-order chi connectivity index (χ0) is 32.4. The van der Waals surface area contributed by atoms with Crippen molar-refractivity contribution < 1.29 is 18.3 Å². The Bertz CT molecular complexity index is 1680. The molecule has 0 spiro atoms. The molecule has 1 amide bonds. The van der Waals surface area contributed by atoms with Crippen molar-refractivity contribution in [3.63, 3.8) is 0 Å². The monoisotopic (exact) mass is 649 g/mol. The molecule has 0 N–H and O–H groups in total. The highest BCUT2D eigenvalue weighted by molar-refractivity contribution is 6.36. The number of halogens is 3. The van der Waals surface area contributed by atoms with E-state index in [1.807, 2.05) is 23.1 Å². The second-order valence-corrected chi connectivity index (χ2v) is 12.7. The molecule has 6 rings (SSSR count). The summed E-state index contributed by atoms with van der Waals surface area (Å²) in [6, 6.07) is 11.0. The summed E-state index contributed by atoms with van der Waals surface area (Å²) in [5.74, 6) is -1.60. The molecule has 0 radical (unpaired) electrons. The number of ether oxygens (including phenoxy) is 1. The zero-order valence-corrected chi connectivity index (χ0v) is 26.8. The Hall–Kier alpha value is -4.01. The van der Waals surface area contributed by atoms with E-state index in [1.54, 1.807) is 6.07 Å². The quantitative estimate of drug-likeness (QED) is 0.289. The first-order valence-electron chi connectivity index (χ1n) is 15.9. The molecule has 0 aliphatic carbocycles. The number of carbonyl (C=O) groups is 1. The van der Waals surface area contributed by atoms with E-state index in [0.29, 0.717) is 50.4 Å². The molecule has 46 heavy (non-hydrogen) atoms. The lowest BCUT2D eigenvalue weighted by Gasteiger charge is -2.42. The number of carbonyl (C=O) groups excluding carboxylic acids is 1. The molecule has 9 nitrogen and oxygen atoms in total. The van der Waals surface area contributed by atoms with Crippen LogP contribution in [0.3, 0.4) is 0 Å². The minimum Gasteiger partial charge on any atom is -0.462 e. The summed E-state index contributed by atoms with van der Waals surface area (Å²) in [4.78, 5) is 30.4. The Balaban J connectivity index is 1.33. The number of piperazine rings is 1. The summed E-state index contributed by atoms with van der Waals surface area (Å²) in [6.45, 7) is 9.80. The largest absolute Gasteiger partial charge is 0.462 e. The van der Waals surface area contributed by atoms with Crippen molar-refractivity contribution >= 4 is 39.8 Å². The van der Waals surface area contributed by atoms with Gasteiger partial charge in [-0.05, 0) is 56.8 Å². The molecule has 3 aliphatic rings. The Morgan fingerprint density at radius 3 is 2.70 bits per heavy atom. The van der Waals surface area contributed by atoms with Gasteiger partial charge in [0.05, 0.1) is 35.8 Å². The summed E-state index contributed by atoms with van der Waals surface area (Å²) < 4.78 is 34.7. The van der Waals surface area contributed by atoms with Crippen molar-refractivity contribution in [3.05, 3.63) is 64.8 Å². The second-order valence-electron chi connectivity index (χ2n) is 12.3. The molecular weight excluding hydrogens is 612 g/mol. The van der Waals surface area contributed by atoms with Gasteiger partial charge in [-0.1, -0.05) is 42.8 Å². The lowest BCUT2D eigenvalue weighted by atomic mass is 10.0. The van der Waals surface area contributed by atoms with Gasteiger partial charge >= 0.3 is 6.01 Å². The molecule has 0 saturated carbocycles. The van der Waals surface area contributed by atoms with E-state index in [-0.39, 0.29) is 30.0 Å². The maximum atomic E-state index is 14.6. The minimum atomic E-state index is -1.04. The molecule has 242 valence electrons. The van der Waals surface area contributed by atoms with Crippen LogP contribution in [0.25, 0.3) is 10.8 Å². The van der Waals surface area contributed by atoms with E-state index in [1.165, 1.54) is 30.2 Å². The number of amides is 1. The van der Waals surface area contributed by atoms with E-state index in [0.717, 1.165) is 35.4 Å². The van der Waals surface area contributed by atoms with Crippen molar-refractivity contribution in [2.45, 2.75) is 57.7 Å². The number of rotatable bonds is 8. The first-order valence-corrected chi connectivity index (χ1v) is 16.3. The van der Waals surface area contributed by atoms with Crippen molar-refractivity contribution in [3.8, 4) is 12.1 Å². The number of likely N-dealkylation sites (tertiary alicyclic amines) is 1. The molecule has 3 aromatic rings. The second kappa shape index (κ2) is 13.8. The number of piperidine rings is 1. The van der Waals surface area contributed by atoms with E-state index in [2.05, 4.69) is 29.4 Å². The van der Waals surface area contributed by atoms with Crippen LogP contribution in [0, 0.1) is 17.1 Å². The molecule has 1 aromatic heterocycles. The summed E-state index contributed by atoms with van der Waals surface area (Å²) in [5, 5.41) is 11.1. The van der Waals surface area contributed by atoms with Crippen LogP contribution in [-0.4, -0.2) is 83.6 Å². The third-order valence-electron chi connectivity index (χ3n) is 9.35. The fraction of sp³-hybridized carbons (Fsp3) is 0.471. The summed E-state index contributed by atoms with van der Waals surface area (Å²) in [6.07, 6.45) is 4.25. The molecule has 2 saturated heterocycles. The lowest BCUT2D eigenvalue weighted by molar-refractivity contribution is -0.131. The first-order chi connectivity index (χ1) is 22.2. The molecule has 4 heterocycles. The van der Waals surface area contributed by atoms with Gasteiger partial charge in [-0.3, -0.25) is 9.69 Å². The fourth-order valence-electron chi connectivity index (χ4n) is 6.89. The third kappa shape index (κ3) is 6.46. The van der Waals surface area contributed by atoms with Crippen LogP contribution in [0.1, 0.15) is 43.9 Å². The van der Waals surface area contributed by atoms with Crippen LogP contribution in [0.2, 0.25) is 5.02 Å². The third-order valence-corrected chi connectivity index (χ3v) is 9.72. The molecule has 2 atom stereocenters. The van der Waals surface area contributed by atoms with Gasteiger partial charge in [-0.25, -0.2) is 8.78 Å². The smallest absolute Gasteiger partial charge is 0.318 e. The van der Waals surface area contributed by atoms with Crippen molar-refractivity contribution in [2.75, 3.05) is 55.7 Å². The highest BCUT2D eigenvalue weighted by Crippen LogP contribution is 2.38. The van der Waals surface area contributed by atoms with Gasteiger partial charge in [0.1, 0.15) is 18.2 Å². The Morgan fingerprint density at radius 1 is 1.13 bits per heavy atom. The van der Waals surface area contributed by atoms with Gasteiger partial charge in [-0.2, -0.15) is 15.2 Å². The molecule has 0 bridgehead atoms. The fourth-order valence-corrected chi connectivity index (χ4v) is 7.15. The number of fused-ring (bicyclic) bond motifs is 2.